The van der Waals surface area contributed by atoms with Crippen molar-refractivity contribution in [3.05, 3.63) is 0 Å². The molecule has 2 aliphatic rings. The maximum atomic E-state index is 9.41. The number of hydrogen-bond acceptors (Lipinski definition) is 3. The van der Waals surface area contributed by atoms with Crippen LogP contribution in [0.4, 0.5) is 0 Å². The van der Waals surface area contributed by atoms with E-state index in [-0.39, 0.29) is 0 Å². The Balaban J connectivity index is 1.93. The molecule has 1 aliphatic carbocycles. The first-order valence-electron chi connectivity index (χ1n) is 6.16. The van der Waals surface area contributed by atoms with Crippen LogP contribution in [0.15, 0.2) is 0 Å². The van der Waals surface area contributed by atoms with E-state index in [1.165, 1.54) is 32.2 Å². The molecule has 2 fully saturated rings. The van der Waals surface area contributed by atoms with Gasteiger partial charge in [-0.25, -0.2) is 0 Å². The van der Waals surface area contributed by atoms with Crippen molar-refractivity contribution >= 4 is 12.6 Å². The van der Waals surface area contributed by atoms with Gasteiger partial charge in [-0.1, -0.05) is 13.3 Å². The van der Waals surface area contributed by atoms with Gasteiger partial charge in [-0.05, 0) is 42.9 Å². The Hall–Kier alpha value is 0.270. The fourth-order valence-corrected chi connectivity index (χ4v) is 3.47. The normalized spacial score (nSPS) is 35.4. The first-order valence-corrected chi connectivity index (χ1v) is 6.80. The second kappa shape index (κ2) is 4.64. The van der Waals surface area contributed by atoms with E-state index < -0.39 is 0 Å². The van der Waals surface area contributed by atoms with Crippen molar-refractivity contribution in [3.63, 3.8) is 0 Å². The third-order valence-electron chi connectivity index (χ3n) is 4.47. The highest BCUT2D eigenvalue weighted by atomic mass is 32.1. The van der Waals surface area contributed by atoms with E-state index in [0.717, 1.165) is 12.3 Å². The second-order valence-electron chi connectivity index (χ2n) is 5.50. The molecule has 2 atom stereocenters. The summed E-state index contributed by atoms with van der Waals surface area (Å²) in [5.41, 5.74) is 0.473. The Morgan fingerprint density at radius 2 is 2.20 bits per heavy atom. The van der Waals surface area contributed by atoms with Crippen LogP contribution < -0.4 is 0 Å². The number of aliphatic hydroxyl groups excluding tert-OH is 1. The highest BCUT2D eigenvalue weighted by Crippen LogP contribution is 2.43. The van der Waals surface area contributed by atoms with Gasteiger partial charge in [0, 0.05) is 12.6 Å². The summed E-state index contributed by atoms with van der Waals surface area (Å²) >= 11 is 4.50. The fourth-order valence-electron chi connectivity index (χ4n) is 3.05. The molecule has 1 saturated carbocycles. The fraction of sp³-hybridized carbons (Fsp3) is 1.00. The van der Waals surface area contributed by atoms with Gasteiger partial charge in [-0.15, -0.1) is 0 Å². The smallest absolute Gasteiger partial charge is 0.0589 e. The highest BCUT2D eigenvalue weighted by molar-refractivity contribution is 7.80. The maximum absolute atomic E-state index is 9.41. The van der Waals surface area contributed by atoms with Gasteiger partial charge < -0.3 is 5.11 Å². The van der Waals surface area contributed by atoms with E-state index in [0.29, 0.717) is 24.0 Å². The van der Waals surface area contributed by atoms with Crippen LogP contribution in [-0.2, 0) is 0 Å². The molecule has 0 amide bonds. The summed E-state index contributed by atoms with van der Waals surface area (Å²) in [4.78, 5) is 2.50. The zero-order chi connectivity index (χ0) is 10.9. The molecule has 0 aromatic carbocycles. The van der Waals surface area contributed by atoms with Gasteiger partial charge in [0.15, 0.2) is 0 Å². The van der Waals surface area contributed by atoms with Crippen LogP contribution in [0.25, 0.3) is 0 Å². The SMILES string of the molecule is CC1CCN(CC2(CS)CCC2)C1CO. The van der Waals surface area contributed by atoms with Crippen molar-refractivity contribution in [3.8, 4) is 0 Å². The van der Waals surface area contributed by atoms with Crippen LogP contribution in [0, 0.1) is 11.3 Å². The van der Waals surface area contributed by atoms with Crippen molar-refractivity contribution in [1.82, 2.24) is 4.90 Å². The number of likely N-dealkylation sites (tertiary alicyclic amines) is 1. The lowest BCUT2D eigenvalue weighted by atomic mass is 9.70. The second-order valence-corrected chi connectivity index (χ2v) is 5.81. The topological polar surface area (TPSA) is 23.5 Å². The van der Waals surface area contributed by atoms with E-state index in [1.807, 2.05) is 0 Å². The molecule has 0 aromatic heterocycles. The number of aliphatic hydroxyl groups is 1. The minimum atomic E-state index is 0.323. The van der Waals surface area contributed by atoms with Crippen LogP contribution >= 0.6 is 12.6 Å². The Morgan fingerprint density at radius 3 is 2.67 bits per heavy atom. The molecule has 0 spiro atoms. The van der Waals surface area contributed by atoms with Crippen LogP contribution in [0.5, 0.6) is 0 Å². The van der Waals surface area contributed by atoms with E-state index >= 15 is 0 Å². The van der Waals surface area contributed by atoms with Crippen molar-refractivity contribution in [1.29, 1.82) is 0 Å². The van der Waals surface area contributed by atoms with Gasteiger partial charge in [0.1, 0.15) is 0 Å². The third kappa shape index (κ3) is 2.20. The monoisotopic (exact) mass is 229 g/mol. The summed E-state index contributed by atoms with van der Waals surface area (Å²) < 4.78 is 0. The van der Waals surface area contributed by atoms with E-state index in [1.54, 1.807) is 0 Å². The highest BCUT2D eigenvalue weighted by Gasteiger charge is 2.41. The van der Waals surface area contributed by atoms with Crippen molar-refractivity contribution in [2.45, 2.75) is 38.6 Å². The zero-order valence-corrected chi connectivity index (χ0v) is 10.5. The molecule has 15 heavy (non-hydrogen) atoms. The van der Waals surface area contributed by atoms with Gasteiger partial charge in [0.2, 0.25) is 0 Å². The number of thiol groups is 1. The Bertz CT molecular complexity index is 212. The van der Waals surface area contributed by atoms with E-state index in [9.17, 15) is 5.11 Å². The summed E-state index contributed by atoms with van der Waals surface area (Å²) in [6.07, 6.45) is 5.28. The molecule has 3 heteroatoms. The lowest BCUT2D eigenvalue weighted by molar-refractivity contribution is 0.0570. The van der Waals surface area contributed by atoms with Gasteiger partial charge in [-0.3, -0.25) is 4.90 Å². The minimum Gasteiger partial charge on any atom is -0.395 e. The van der Waals surface area contributed by atoms with Gasteiger partial charge >= 0.3 is 0 Å². The summed E-state index contributed by atoms with van der Waals surface area (Å²) in [5, 5.41) is 9.41. The molecule has 0 aromatic rings. The molecule has 1 aliphatic heterocycles. The lowest BCUT2D eigenvalue weighted by Crippen LogP contribution is -2.47. The lowest BCUT2D eigenvalue weighted by Gasteiger charge is -2.45. The quantitative estimate of drug-likeness (QED) is 0.718. The summed E-state index contributed by atoms with van der Waals surface area (Å²) in [6.45, 7) is 4.91. The van der Waals surface area contributed by atoms with Crippen molar-refractivity contribution < 1.29 is 5.11 Å². The summed E-state index contributed by atoms with van der Waals surface area (Å²) in [6, 6.07) is 0.405. The molecule has 2 nitrogen and oxygen atoms in total. The van der Waals surface area contributed by atoms with Gasteiger partial charge in [0.25, 0.3) is 0 Å². The molecule has 1 heterocycles. The van der Waals surface area contributed by atoms with Crippen LogP contribution in [-0.4, -0.2) is 41.5 Å². The van der Waals surface area contributed by atoms with Gasteiger partial charge in [0.05, 0.1) is 6.61 Å². The maximum Gasteiger partial charge on any atom is 0.0589 e. The molecule has 1 N–H and O–H groups in total. The predicted octanol–water partition coefficient (Wildman–Crippen LogP) is 1.79. The van der Waals surface area contributed by atoms with E-state index in [4.69, 9.17) is 0 Å². The third-order valence-corrected chi connectivity index (χ3v) is 5.14. The molecular formula is C12H23NOS. The van der Waals surface area contributed by atoms with E-state index in [2.05, 4.69) is 24.5 Å². The molecule has 2 unspecified atom stereocenters. The minimum absolute atomic E-state index is 0.323. The van der Waals surface area contributed by atoms with Crippen LogP contribution in [0.3, 0.4) is 0 Å². The molecule has 0 radical (unpaired) electrons. The summed E-state index contributed by atoms with van der Waals surface area (Å²) in [5.74, 6) is 1.67. The molecular weight excluding hydrogens is 206 g/mol. The molecule has 0 bridgehead atoms. The van der Waals surface area contributed by atoms with Crippen molar-refractivity contribution in [2.75, 3.05) is 25.4 Å². The predicted molar refractivity (Wildman–Crippen MR) is 66.4 cm³/mol. The Kier molecular flexibility index (Phi) is 3.63. The van der Waals surface area contributed by atoms with Crippen LogP contribution in [0.1, 0.15) is 32.6 Å². The number of rotatable bonds is 4. The number of hydrogen-bond donors (Lipinski definition) is 2. The molecule has 2 rings (SSSR count). The number of nitrogens with zero attached hydrogens (tertiary/aromatic N) is 1. The standard InChI is InChI=1S/C12H23NOS/c1-10-3-6-13(11(10)7-14)8-12(9-15)4-2-5-12/h10-11,14-15H,2-9H2,1H3. The first kappa shape index (κ1) is 11.7. The van der Waals surface area contributed by atoms with Crippen molar-refractivity contribution in [2.24, 2.45) is 11.3 Å². The largest absolute Gasteiger partial charge is 0.395 e. The average Bonchev–Trinajstić information content (AvgIpc) is 2.53. The average molecular weight is 229 g/mol. The van der Waals surface area contributed by atoms with Gasteiger partial charge in [-0.2, -0.15) is 12.6 Å². The Labute approximate surface area is 98.5 Å². The summed E-state index contributed by atoms with van der Waals surface area (Å²) in [7, 11) is 0. The molecule has 88 valence electrons. The zero-order valence-electron chi connectivity index (χ0n) is 9.65. The first-order chi connectivity index (χ1) is 7.21. The van der Waals surface area contributed by atoms with Crippen LogP contribution in [0.2, 0.25) is 0 Å². The Morgan fingerprint density at radius 1 is 1.47 bits per heavy atom. The molecule has 1 saturated heterocycles.